The molecule has 0 unspecified atom stereocenters. The Morgan fingerprint density at radius 1 is 1.09 bits per heavy atom. The Kier molecular flexibility index (Phi) is 6.60. The van der Waals surface area contributed by atoms with E-state index >= 15 is 0 Å². The molecule has 23 heavy (non-hydrogen) atoms. The van der Waals surface area contributed by atoms with Crippen LogP contribution in [0.2, 0.25) is 0 Å². The molecule has 3 nitrogen and oxygen atoms in total. The average molecular weight is 315 g/mol. The summed E-state index contributed by atoms with van der Waals surface area (Å²) in [7, 11) is 1.43. The second kappa shape index (κ2) is 8.93. The Bertz CT molecular complexity index is 629. The van der Waals surface area contributed by atoms with E-state index in [0.717, 1.165) is 18.4 Å². The van der Waals surface area contributed by atoms with Gasteiger partial charge in [-0.15, -0.1) is 0 Å². The molecule has 1 amide bonds. The zero-order valence-corrected chi connectivity index (χ0v) is 13.3. The molecule has 0 saturated carbocycles. The molecule has 1 N–H and O–H groups in total. The van der Waals surface area contributed by atoms with Crippen molar-refractivity contribution in [1.29, 1.82) is 0 Å². The Morgan fingerprint density at radius 3 is 2.57 bits per heavy atom. The van der Waals surface area contributed by atoms with Crippen LogP contribution < -0.4 is 10.1 Å². The minimum Gasteiger partial charge on any atom is -0.494 e. The Morgan fingerprint density at radius 2 is 1.87 bits per heavy atom. The van der Waals surface area contributed by atoms with E-state index in [1.165, 1.54) is 18.7 Å². The summed E-state index contributed by atoms with van der Waals surface area (Å²) in [5.74, 6) is -0.179. The summed E-state index contributed by atoms with van der Waals surface area (Å²) in [6.07, 6.45) is 2.74. The van der Waals surface area contributed by atoms with Crippen LogP contribution in [-0.2, 0) is 17.6 Å². The molecule has 0 fully saturated rings. The standard InChI is InChI=1S/C19H22FNO2/c1-23-18-11-9-16(14-17(18)20)10-12-19(22)21-13-5-8-15-6-3-2-4-7-15/h2-4,6-7,9,11,14H,5,8,10,12-13H2,1H3,(H,21,22). The van der Waals surface area contributed by atoms with E-state index in [2.05, 4.69) is 17.4 Å². The smallest absolute Gasteiger partial charge is 0.220 e. The lowest BCUT2D eigenvalue weighted by molar-refractivity contribution is -0.121. The minimum atomic E-state index is -0.395. The number of hydrogen-bond acceptors (Lipinski definition) is 2. The summed E-state index contributed by atoms with van der Waals surface area (Å²) >= 11 is 0. The van der Waals surface area contributed by atoms with Gasteiger partial charge in [-0.2, -0.15) is 0 Å². The lowest BCUT2D eigenvalue weighted by Crippen LogP contribution is -2.25. The van der Waals surface area contributed by atoms with Crippen LogP contribution in [0.25, 0.3) is 0 Å². The minimum absolute atomic E-state index is 0.00529. The van der Waals surface area contributed by atoms with Crippen molar-refractivity contribution in [2.75, 3.05) is 13.7 Å². The number of nitrogens with one attached hydrogen (secondary N) is 1. The molecule has 0 aliphatic heterocycles. The highest BCUT2D eigenvalue weighted by atomic mass is 19.1. The van der Waals surface area contributed by atoms with E-state index in [4.69, 9.17) is 4.74 Å². The van der Waals surface area contributed by atoms with Gasteiger partial charge in [0.05, 0.1) is 7.11 Å². The lowest BCUT2D eigenvalue weighted by atomic mass is 10.1. The molecule has 2 aromatic carbocycles. The fraction of sp³-hybridized carbons (Fsp3) is 0.316. The number of methoxy groups -OCH3 is 1. The first-order valence-electron chi connectivity index (χ1n) is 7.82. The van der Waals surface area contributed by atoms with Crippen LogP contribution in [0.4, 0.5) is 4.39 Å². The lowest BCUT2D eigenvalue weighted by Gasteiger charge is -2.07. The maximum Gasteiger partial charge on any atom is 0.220 e. The summed E-state index contributed by atoms with van der Waals surface area (Å²) in [6.45, 7) is 0.657. The fourth-order valence-corrected chi connectivity index (χ4v) is 2.38. The number of amides is 1. The van der Waals surface area contributed by atoms with Gasteiger partial charge >= 0.3 is 0 Å². The highest BCUT2D eigenvalue weighted by Crippen LogP contribution is 2.18. The average Bonchev–Trinajstić information content (AvgIpc) is 2.58. The Balaban J connectivity index is 1.66. The Hall–Kier alpha value is -2.36. The summed E-state index contributed by atoms with van der Waals surface area (Å²) < 4.78 is 18.4. The first-order chi connectivity index (χ1) is 11.2. The first kappa shape index (κ1) is 17.0. The van der Waals surface area contributed by atoms with Crippen molar-refractivity contribution in [3.63, 3.8) is 0 Å². The molecule has 0 atom stereocenters. The largest absolute Gasteiger partial charge is 0.494 e. The molecule has 122 valence electrons. The molecule has 0 aliphatic rings. The fourth-order valence-electron chi connectivity index (χ4n) is 2.38. The van der Waals surface area contributed by atoms with E-state index in [1.807, 2.05) is 18.2 Å². The first-order valence-corrected chi connectivity index (χ1v) is 7.82. The third-order valence-corrected chi connectivity index (χ3v) is 3.66. The van der Waals surface area contributed by atoms with Gasteiger partial charge in [-0.3, -0.25) is 4.79 Å². The topological polar surface area (TPSA) is 38.3 Å². The molecule has 0 heterocycles. The number of aryl methyl sites for hydroxylation is 2. The van der Waals surface area contributed by atoms with Crippen LogP contribution in [0.1, 0.15) is 24.0 Å². The highest BCUT2D eigenvalue weighted by molar-refractivity contribution is 5.76. The number of hydrogen-bond donors (Lipinski definition) is 1. The second-order valence-corrected chi connectivity index (χ2v) is 5.41. The Labute approximate surface area is 136 Å². The normalized spacial score (nSPS) is 10.3. The maximum atomic E-state index is 13.6. The number of benzene rings is 2. The molecular formula is C19H22FNO2. The van der Waals surface area contributed by atoms with E-state index in [1.54, 1.807) is 12.1 Å². The molecule has 0 saturated heterocycles. The molecule has 2 rings (SSSR count). The van der Waals surface area contributed by atoms with Gasteiger partial charge in [0.25, 0.3) is 0 Å². The number of carbonyl (C=O) groups excluding carboxylic acids is 1. The van der Waals surface area contributed by atoms with Crippen LogP contribution in [0.5, 0.6) is 5.75 Å². The molecule has 2 aromatic rings. The van der Waals surface area contributed by atoms with Crippen molar-refractivity contribution in [2.24, 2.45) is 0 Å². The van der Waals surface area contributed by atoms with Crippen molar-refractivity contribution in [2.45, 2.75) is 25.7 Å². The van der Waals surface area contributed by atoms with Gasteiger partial charge in [0.15, 0.2) is 11.6 Å². The predicted octanol–water partition coefficient (Wildman–Crippen LogP) is 3.52. The quantitative estimate of drug-likeness (QED) is 0.757. The van der Waals surface area contributed by atoms with E-state index in [-0.39, 0.29) is 11.7 Å². The van der Waals surface area contributed by atoms with E-state index in [0.29, 0.717) is 19.4 Å². The van der Waals surface area contributed by atoms with Crippen LogP contribution in [0.3, 0.4) is 0 Å². The van der Waals surface area contributed by atoms with Crippen LogP contribution in [0.15, 0.2) is 48.5 Å². The van der Waals surface area contributed by atoms with Crippen molar-refractivity contribution >= 4 is 5.91 Å². The molecule has 0 spiro atoms. The number of halogens is 1. The van der Waals surface area contributed by atoms with Crippen molar-refractivity contribution in [3.8, 4) is 5.75 Å². The van der Waals surface area contributed by atoms with Gasteiger partial charge < -0.3 is 10.1 Å². The summed E-state index contributed by atoms with van der Waals surface area (Å²) in [5.41, 5.74) is 2.07. The van der Waals surface area contributed by atoms with E-state index in [9.17, 15) is 9.18 Å². The number of rotatable bonds is 8. The van der Waals surface area contributed by atoms with Crippen molar-refractivity contribution in [3.05, 3.63) is 65.5 Å². The predicted molar refractivity (Wildman–Crippen MR) is 89.0 cm³/mol. The zero-order chi connectivity index (χ0) is 16.5. The third-order valence-electron chi connectivity index (χ3n) is 3.66. The molecule has 0 aromatic heterocycles. The maximum absolute atomic E-state index is 13.6. The van der Waals surface area contributed by atoms with Gasteiger partial charge in [-0.25, -0.2) is 4.39 Å². The monoisotopic (exact) mass is 315 g/mol. The molecular weight excluding hydrogens is 293 g/mol. The molecule has 4 heteroatoms. The SMILES string of the molecule is COc1ccc(CCC(=O)NCCCc2ccccc2)cc1F. The van der Waals surface area contributed by atoms with Gasteiger partial charge in [0.2, 0.25) is 5.91 Å². The summed E-state index contributed by atoms with van der Waals surface area (Å²) in [5, 5.41) is 2.90. The van der Waals surface area contributed by atoms with Crippen LogP contribution >= 0.6 is 0 Å². The van der Waals surface area contributed by atoms with Gasteiger partial charge in [-0.05, 0) is 42.5 Å². The van der Waals surface area contributed by atoms with Gasteiger partial charge in [0.1, 0.15) is 0 Å². The summed E-state index contributed by atoms with van der Waals surface area (Å²) in [6, 6.07) is 15.0. The van der Waals surface area contributed by atoms with Crippen molar-refractivity contribution < 1.29 is 13.9 Å². The van der Waals surface area contributed by atoms with Crippen molar-refractivity contribution in [1.82, 2.24) is 5.32 Å². The van der Waals surface area contributed by atoms with Gasteiger partial charge in [0, 0.05) is 13.0 Å². The highest BCUT2D eigenvalue weighted by Gasteiger charge is 2.06. The zero-order valence-electron chi connectivity index (χ0n) is 13.3. The summed E-state index contributed by atoms with van der Waals surface area (Å²) in [4.78, 5) is 11.8. The van der Waals surface area contributed by atoms with Gasteiger partial charge in [-0.1, -0.05) is 36.4 Å². The van der Waals surface area contributed by atoms with E-state index < -0.39 is 5.82 Å². The number of carbonyl (C=O) groups is 1. The molecule has 0 radical (unpaired) electrons. The van der Waals surface area contributed by atoms with Crippen LogP contribution in [-0.4, -0.2) is 19.6 Å². The van der Waals surface area contributed by atoms with Crippen LogP contribution in [0, 0.1) is 5.82 Å². The number of ether oxygens (including phenoxy) is 1. The molecule has 0 bridgehead atoms. The second-order valence-electron chi connectivity index (χ2n) is 5.41. The molecule has 0 aliphatic carbocycles. The third kappa shape index (κ3) is 5.74.